The van der Waals surface area contributed by atoms with Crippen molar-refractivity contribution in [1.82, 2.24) is 10.7 Å². The standard InChI is InChI=1S/C20H27N3O2/c1-12-2-4-16(5-3-12)18(24)22-17(19(25)23-21)20-9-13-6-14(10-20)8-15(7-13)11-20/h2-5,13-15,17H,6-11,21H2,1H3,(H,22,24)(H,23,25)/t13?,14?,15?,17-,20?/m0/s1. The average molecular weight is 341 g/mol. The van der Waals surface area contributed by atoms with Crippen LogP contribution in [0.5, 0.6) is 0 Å². The van der Waals surface area contributed by atoms with E-state index in [9.17, 15) is 9.59 Å². The van der Waals surface area contributed by atoms with Crippen LogP contribution in [0.25, 0.3) is 0 Å². The van der Waals surface area contributed by atoms with Crippen molar-refractivity contribution in [2.24, 2.45) is 29.0 Å². The molecule has 0 spiro atoms. The number of carbonyl (C=O) groups is 2. The zero-order chi connectivity index (χ0) is 17.6. The highest BCUT2D eigenvalue weighted by Crippen LogP contribution is 2.61. The maximum absolute atomic E-state index is 12.7. The monoisotopic (exact) mass is 341 g/mol. The zero-order valence-corrected chi connectivity index (χ0v) is 14.8. The van der Waals surface area contributed by atoms with Gasteiger partial charge in [-0.2, -0.15) is 0 Å². The van der Waals surface area contributed by atoms with Gasteiger partial charge in [-0.1, -0.05) is 17.7 Å². The molecule has 134 valence electrons. The van der Waals surface area contributed by atoms with Gasteiger partial charge >= 0.3 is 0 Å². The molecule has 0 saturated heterocycles. The number of rotatable bonds is 4. The Labute approximate surface area is 148 Å². The molecule has 2 amide bonds. The molecule has 4 fully saturated rings. The Kier molecular flexibility index (Phi) is 4.07. The van der Waals surface area contributed by atoms with Crippen LogP contribution in [0.2, 0.25) is 0 Å². The van der Waals surface area contributed by atoms with Gasteiger partial charge in [0.15, 0.2) is 0 Å². The Morgan fingerprint density at radius 1 is 1.04 bits per heavy atom. The van der Waals surface area contributed by atoms with Crippen molar-refractivity contribution in [2.75, 3.05) is 0 Å². The summed E-state index contributed by atoms with van der Waals surface area (Å²) in [6, 6.07) is 6.90. The lowest BCUT2D eigenvalue weighted by atomic mass is 9.47. The van der Waals surface area contributed by atoms with Gasteiger partial charge in [-0.3, -0.25) is 15.0 Å². The predicted molar refractivity (Wildman–Crippen MR) is 95.4 cm³/mol. The van der Waals surface area contributed by atoms with Crippen LogP contribution in [-0.2, 0) is 4.79 Å². The average Bonchev–Trinajstić information content (AvgIpc) is 2.58. The summed E-state index contributed by atoms with van der Waals surface area (Å²) in [4.78, 5) is 25.3. The second kappa shape index (κ2) is 6.13. The van der Waals surface area contributed by atoms with E-state index in [4.69, 9.17) is 5.84 Å². The van der Waals surface area contributed by atoms with E-state index in [0.29, 0.717) is 23.3 Å². The van der Waals surface area contributed by atoms with Gasteiger partial charge in [0.25, 0.3) is 11.8 Å². The van der Waals surface area contributed by atoms with Crippen molar-refractivity contribution in [3.63, 3.8) is 0 Å². The number of hydrogen-bond acceptors (Lipinski definition) is 3. The number of benzene rings is 1. The van der Waals surface area contributed by atoms with Gasteiger partial charge in [0.2, 0.25) is 0 Å². The molecule has 4 aliphatic carbocycles. The highest BCUT2D eigenvalue weighted by Gasteiger charge is 2.56. The van der Waals surface area contributed by atoms with Crippen LogP contribution >= 0.6 is 0 Å². The quantitative estimate of drug-likeness (QED) is 0.446. The lowest BCUT2D eigenvalue weighted by molar-refractivity contribution is -0.134. The highest BCUT2D eigenvalue weighted by molar-refractivity contribution is 5.97. The Morgan fingerprint density at radius 3 is 2.04 bits per heavy atom. The molecule has 0 radical (unpaired) electrons. The summed E-state index contributed by atoms with van der Waals surface area (Å²) in [5, 5.41) is 3.03. The van der Waals surface area contributed by atoms with Crippen molar-refractivity contribution in [2.45, 2.75) is 51.5 Å². The van der Waals surface area contributed by atoms with Crippen molar-refractivity contribution in [1.29, 1.82) is 0 Å². The lowest BCUT2D eigenvalue weighted by Crippen LogP contribution is -2.62. The highest BCUT2D eigenvalue weighted by atomic mass is 16.2. The Bertz CT molecular complexity index is 647. The second-order valence-corrected chi connectivity index (χ2v) is 8.56. The molecule has 0 aliphatic heterocycles. The van der Waals surface area contributed by atoms with Gasteiger partial charge in [-0.25, -0.2) is 5.84 Å². The third kappa shape index (κ3) is 2.95. The number of hydrazine groups is 1. The molecule has 5 heteroatoms. The molecule has 5 nitrogen and oxygen atoms in total. The van der Waals surface area contributed by atoms with Gasteiger partial charge in [0.1, 0.15) is 6.04 Å². The maximum atomic E-state index is 12.7. The number of hydrogen-bond donors (Lipinski definition) is 3. The summed E-state index contributed by atoms with van der Waals surface area (Å²) in [5.74, 6) is 7.14. The molecule has 4 aliphatic rings. The fourth-order valence-corrected chi connectivity index (χ4v) is 6.03. The van der Waals surface area contributed by atoms with Crippen molar-refractivity contribution in [3.8, 4) is 0 Å². The zero-order valence-electron chi connectivity index (χ0n) is 14.8. The summed E-state index contributed by atoms with van der Waals surface area (Å²) in [7, 11) is 0. The fourth-order valence-electron chi connectivity index (χ4n) is 6.03. The van der Waals surface area contributed by atoms with Crippen LogP contribution in [0.1, 0.15) is 54.4 Å². The molecule has 1 aromatic carbocycles. The van der Waals surface area contributed by atoms with E-state index in [1.54, 1.807) is 0 Å². The van der Waals surface area contributed by atoms with Crippen LogP contribution in [0, 0.1) is 30.1 Å². The largest absolute Gasteiger partial charge is 0.340 e. The first-order valence-corrected chi connectivity index (χ1v) is 9.37. The van der Waals surface area contributed by atoms with Gasteiger partial charge in [-0.15, -0.1) is 0 Å². The predicted octanol–water partition coefficient (Wildman–Crippen LogP) is 2.30. The summed E-state index contributed by atoms with van der Waals surface area (Å²) in [5.41, 5.74) is 3.87. The normalized spacial score (nSPS) is 33.8. The van der Waals surface area contributed by atoms with E-state index in [1.807, 2.05) is 31.2 Å². The van der Waals surface area contributed by atoms with Gasteiger partial charge in [0.05, 0.1) is 0 Å². The topological polar surface area (TPSA) is 84.2 Å². The summed E-state index contributed by atoms with van der Waals surface area (Å²) in [6.07, 6.45) is 6.98. The third-order valence-electron chi connectivity index (χ3n) is 6.69. The second-order valence-electron chi connectivity index (χ2n) is 8.56. The first-order chi connectivity index (χ1) is 12.0. The minimum atomic E-state index is -0.542. The molecular weight excluding hydrogens is 314 g/mol. The Hall–Kier alpha value is -1.88. The maximum Gasteiger partial charge on any atom is 0.257 e. The van der Waals surface area contributed by atoms with Gasteiger partial charge in [0, 0.05) is 11.0 Å². The molecule has 0 unspecified atom stereocenters. The molecule has 1 aromatic rings. The van der Waals surface area contributed by atoms with Gasteiger partial charge in [-0.05, 0) is 75.3 Å². The van der Waals surface area contributed by atoms with E-state index in [0.717, 1.165) is 24.8 Å². The molecule has 4 N–H and O–H groups in total. The third-order valence-corrected chi connectivity index (χ3v) is 6.69. The van der Waals surface area contributed by atoms with Crippen molar-refractivity contribution < 1.29 is 9.59 Å². The van der Waals surface area contributed by atoms with E-state index < -0.39 is 6.04 Å². The summed E-state index contributed by atoms with van der Waals surface area (Å²) >= 11 is 0. The van der Waals surface area contributed by atoms with Crippen LogP contribution in [0.3, 0.4) is 0 Å². The number of carbonyl (C=O) groups excluding carboxylic acids is 2. The van der Waals surface area contributed by atoms with E-state index >= 15 is 0 Å². The fraction of sp³-hybridized carbons (Fsp3) is 0.600. The van der Waals surface area contributed by atoms with E-state index in [-0.39, 0.29) is 17.2 Å². The van der Waals surface area contributed by atoms with Crippen LogP contribution in [0.15, 0.2) is 24.3 Å². The first kappa shape index (κ1) is 16.6. The first-order valence-electron chi connectivity index (χ1n) is 9.37. The SMILES string of the molecule is Cc1ccc(C(=O)N[C@@H](C(=O)NN)C23CC4CC(CC(C4)C2)C3)cc1. The Morgan fingerprint density at radius 2 is 1.56 bits per heavy atom. The molecule has 0 aromatic heterocycles. The summed E-state index contributed by atoms with van der Waals surface area (Å²) < 4.78 is 0. The Balaban J connectivity index is 1.59. The molecule has 4 saturated carbocycles. The number of nitrogens with one attached hydrogen (secondary N) is 2. The molecule has 4 bridgehead atoms. The molecule has 1 atom stereocenters. The minimum Gasteiger partial charge on any atom is -0.340 e. The minimum absolute atomic E-state index is 0.126. The molecular formula is C20H27N3O2. The van der Waals surface area contributed by atoms with Crippen LogP contribution < -0.4 is 16.6 Å². The summed E-state index contributed by atoms with van der Waals surface area (Å²) in [6.45, 7) is 1.99. The number of amides is 2. The molecule has 25 heavy (non-hydrogen) atoms. The number of nitrogens with two attached hydrogens (primary N) is 1. The smallest absolute Gasteiger partial charge is 0.257 e. The van der Waals surface area contributed by atoms with Crippen LogP contribution in [-0.4, -0.2) is 17.9 Å². The number of aryl methyl sites for hydroxylation is 1. The molecule has 5 rings (SSSR count). The van der Waals surface area contributed by atoms with Crippen LogP contribution in [0.4, 0.5) is 0 Å². The lowest BCUT2D eigenvalue weighted by Gasteiger charge is -2.58. The van der Waals surface area contributed by atoms with Gasteiger partial charge < -0.3 is 5.32 Å². The van der Waals surface area contributed by atoms with Crippen molar-refractivity contribution in [3.05, 3.63) is 35.4 Å². The van der Waals surface area contributed by atoms with E-state index in [2.05, 4.69) is 10.7 Å². The molecule has 0 heterocycles. The van der Waals surface area contributed by atoms with Crippen molar-refractivity contribution >= 4 is 11.8 Å². The van der Waals surface area contributed by atoms with E-state index in [1.165, 1.54) is 19.3 Å².